The van der Waals surface area contributed by atoms with Crippen LogP contribution in [0, 0.1) is 5.82 Å². The normalized spacial score (nSPS) is 15.5. The van der Waals surface area contributed by atoms with Gasteiger partial charge in [-0.15, -0.1) is 0 Å². The summed E-state index contributed by atoms with van der Waals surface area (Å²) in [6, 6.07) is 13.3. The zero-order valence-electron chi connectivity index (χ0n) is 12.6. The Morgan fingerprint density at radius 2 is 1.78 bits per heavy atom. The molecule has 0 aliphatic carbocycles. The van der Waals surface area contributed by atoms with E-state index in [4.69, 9.17) is 9.47 Å². The van der Waals surface area contributed by atoms with Crippen LogP contribution in [-0.2, 0) is 9.53 Å². The highest BCUT2D eigenvalue weighted by Gasteiger charge is 2.21. The first-order valence-corrected chi connectivity index (χ1v) is 7.30. The van der Waals surface area contributed by atoms with E-state index in [9.17, 15) is 9.18 Å². The van der Waals surface area contributed by atoms with Gasteiger partial charge in [-0.1, -0.05) is 12.1 Å². The molecule has 4 heteroatoms. The van der Waals surface area contributed by atoms with Crippen molar-refractivity contribution in [3.63, 3.8) is 0 Å². The van der Waals surface area contributed by atoms with Crippen molar-refractivity contribution >= 4 is 17.8 Å². The van der Waals surface area contributed by atoms with Crippen molar-refractivity contribution in [3.05, 3.63) is 77.1 Å². The number of carbonyl (C=O) groups excluding carboxylic acids is 1. The molecule has 0 bridgehead atoms. The Bertz CT molecular complexity index is 771. The van der Waals surface area contributed by atoms with E-state index in [1.807, 2.05) is 31.2 Å². The Kier molecular flexibility index (Phi) is 4.24. The van der Waals surface area contributed by atoms with Crippen LogP contribution in [0.2, 0.25) is 0 Å². The number of esters is 1. The van der Waals surface area contributed by atoms with Crippen molar-refractivity contribution in [3.8, 4) is 5.75 Å². The molecule has 0 unspecified atom stereocenters. The minimum atomic E-state index is -0.418. The van der Waals surface area contributed by atoms with Crippen molar-refractivity contribution in [2.75, 3.05) is 6.61 Å². The molecule has 0 N–H and O–H groups in total. The standard InChI is InChI=1S/C19H15FO3/c1-2-22-17-9-3-13(4-10-17)11-15-12-18(23-19(15)21)14-5-7-16(20)8-6-14/h3-12H,2H2,1H3. The van der Waals surface area contributed by atoms with Gasteiger partial charge >= 0.3 is 5.97 Å². The van der Waals surface area contributed by atoms with Gasteiger partial charge in [0.1, 0.15) is 17.3 Å². The number of ether oxygens (including phenoxy) is 2. The molecule has 3 nitrogen and oxygen atoms in total. The number of benzene rings is 2. The van der Waals surface area contributed by atoms with E-state index in [1.165, 1.54) is 12.1 Å². The summed E-state index contributed by atoms with van der Waals surface area (Å²) < 4.78 is 23.6. The molecule has 0 atom stereocenters. The average Bonchev–Trinajstić information content (AvgIpc) is 2.91. The second-order valence-electron chi connectivity index (χ2n) is 5.01. The lowest BCUT2D eigenvalue weighted by atomic mass is 10.1. The molecule has 3 rings (SSSR count). The van der Waals surface area contributed by atoms with Gasteiger partial charge in [0.15, 0.2) is 0 Å². The fourth-order valence-corrected chi connectivity index (χ4v) is 2.25. The largest absolute Gasteiger partial charge is 0.494 e. The summed E-state index contributed by atoms with van der Waals surface area (Å²) in [4.78, 5) is 12.0. The lowest BCUT2D eigenvalue weighted by Crippen LogP contribution is -1.97. The van der Waals surface area contributed by atoms with E-state index < -0.39 is 5.97 Å². The number of carbonyl (C=O) groups is 1. The first-order chi connectivity index (χ1) is 11.2. The van der Waals surface area contributed by atoms with Gasteiger partial charge in [0.05, 0.1) is 12.2 Å². The van der Waals surface area contributed by atoms with Gasteiger partial charge in [-0.2, -0.15) is 0 Å². The Hall–Kier alpha value is -2.88. The molecule has 1 heterocycles. The maximum atomic E-state index is 13.0. The molecular weight excluding hydrogens is 295 g/mol. The number of rotatable bonds is 4. The fraction of sp³-hybridized carbons (Fsp3) is 0.105. The lowest BCUT2D eigenvalue weighted by Gasteiger charge is -2.02. The molecule has 0 fully saturated rings. The topological polar surface area (TPSA) is 35.5 Å². The van der Waals surface area contributed by atoms with Crippen LogP contribution in [-0.4, -0.2) is 12.6 Å². The summed E-state index contributed by atoms with van der Waals surface area (Å²) in [5, 5.41) is 0. The molecule has 0 aromatic heterocycles. The molecule has 1 aliphatic rings. The van der Waals surface area contributed by atoms with Crippen molar-refractivity contribution in [1.29, 1.82) is 0 Å². The second kappa shape index (κ2) is 6.48. The summed E-state index contributed by atoms with van der Waals surface area (Å²) in [7, 11) is 0. The third-order valence-corrected chi connectivity index (χ3v) is 3.37. The van der Waals surface area contributed by atoms with Crippen LogP contribution in [0.25, 0.3) is 11.8 Å². The number of hydrogen-bond acceptors (Lipinski definition) is 3. The third-order valence-electron chi connectivity index (χ3n) is 3.37. The van der Waals surface area contributed by atoms with Crippen LogP contribution < -0.4 is 4.74 Å². The van der Waals surface area contributed by atoms with Crippen LogP contribution in [0.3, 0.4) is 0 Å². The maximum absolute atomic E-state index is 13.0. The summed E-state index contributed by atoms with van der Waals surface area (Å²) in [5.41, 5.74) is 1.99. The highest BCUT2D eigenvalue weighted by Crippen LogP contribution is 2.27. The Balaban J connectivity index is 1.84. The van der Waals surface area contributed by atoms with Crippen molar-refractivity contribution in [2.45, 2.75) is 6.92 Å². The molecule has 0 spiro atoms. The number of halogens is 1. The van der Waals surface area contributed by atoms with Crippen LogP contribution in [0.15, 0.2) is 60.2 Å². The first kappa shape index (κ1) is 15.0. The number of hydrogen-bond donors (Lipinski definition) is 0. The second-order valence-corrected chi connectivity index (χ2v) is 5.01. The van der Waals surface area contributed by atoms with Gasteiger partial charge in [0, 0.05) is 5.56 Å². The van der Waals surface area contributed by atoms with Crippen LogP contribution in [0.4, 0.5) is 4.39 Å². The minimum absolute atomic E-state index is 0.330. The van der Waals surface area contributed by atoms with Gasteiger partial charge < -0.3 is 9.47 Å². The monoisotopic (exact) mass is 310 g/mol. The molecule has 23 heavy (non-hydrogen) atoms. The lowest BCUT2D eigenvalue weighted by molar-refractivity contribution is -0.130. The zero-order valence-corrected chi connectivity index (χ0v) is 12.6. The average molecular weight is 310 g/mol. The van der Waals surface area contributed by atoms with E-state index in [0.29, 0.717) is 23.5 Å². The van der Waals surface area contributed by atoms with Gasteiger partial charge in [-0.05, 0) is 61.0 Å². The summed E-state index contributed by atoms with van der Waals surface area (Å²) in [6.45, 7) is 2.53. The number of cyclic esters (lactones) is 1. The van der Waals surface area contributed by atoms with E-state index in [0.717, 1.165) is 11.3 Å². The predicted octanol–water partition coefficient (Wildman–Crippen LogP) is 4.21. The molecule has 0 saturated carbocycles. The van der Waals surface area contributed by atoms with E-state index in [-0.39, 0.29) is 5.82 Å². The highest BCUT2D eigenvalue weighted by atomic mass is 19.1. The minimum Gasteiger partial charge on any atom is -0.494 e. The predicted molar refractivity (Wildman–Crippen MR) is 86.1 cm³/mol. The summed E-state index contributed by atoms with van der Waals surface area (Å²) in [5.74, 6) is 0.459. The Morgan fingerprint density at radius 1 is 1.09 bits per heavy atom. The Morgan fingerprint density at radius 3 is 2.43 bits per heavy atom. The van der Waals surface area contributed by atoms with E-state index in [2.05, 4.69) is 0 Å². The molecule has 0 saturated heterocycles. The van der Waals surface area contributed by atoms with Crippen molar-refractivity contribution in [1.82, 2.24) is 0 Å². The smallest absolute Gasteiger partial charge is 0.343 e. The van der Waals surface area contributed by atoms with Gasteiger partial charge in [0.25, 0.3) is 0 Å². The first-order valence-electron chi connectivity index (χ1n) is 7.30. The molecule has 2 aromatic rings. The Labute approximate surface area is 133 Å². The molecular formula is C19H15FO3. The maximum Gasteiger partial charge on any atom is 0.343 e. The van der Waals surface area contributed by atoms with E-state index >= 15 is 0 Å². The van der Waals surface area contributed by atoms with Gasteiger partial charge in [0.2, 0.25) is 0 Å². The molecule has 1 aliphatic heterocycles. The molecule has 0 amide bonds. The van der Waals surface area contributed by atoms with Crippen LogP contribution in [0.5, 0.6) is 5.75 Å². The molecule has 116 valence electrons. The zero-order chi connectivity index (χ0) is 16.2. The summed E-state index contributed by atoms with van der Waals surface area (Å²) >= 11 is 0. The summed E-state index contributed by atoms with van der Waals surface area (Å²) in [6.07, 6.45) is 3.40. The SMILES string of the molecule is CCOc1ccc(C=C2C=C(c3ccc(F)cc3)OC2=O)cc1. The fourth-order valence-electron chi connectivity index (χ4n) is 2.25. The van der Waals surface area contributed by atoms with Gasteiger partial charge in [-0.3, -0.25) is 0 Å². The van der Waals surface area contributed by atoms with Crippen LogP contribution in [0.1, 0.15) is 18.1 Å². The molecule has 0 radical (unpaired) electrons. The van der Waals surface area contributed by atoms with E-state index in [1.54, 1.807) is 24.3 Å². The van der Waals surface area contributed by atoms with Crippen molar-refractivity contribution in [2.24, 2.45) is 0 Å². The molecule has 2 aromatic carbocycles. The van der Waals surface area contributed by atoms with Crippen LogP contribution >= 0.6 is 0 Å². The quantitative estimate of drug-likeness (QED) is 0.627. The third kappa shape index (κ3) is 3.48. The van der Waals surface area contributed by atoms with Gasteiger partial charge in [-0.25, -0.2) is 9.18 Å². The van der Waals surface area contributed by atoms with Crippen molar-refractivity contribution < 1.29 is 18.7 Å². The highest BCUT2D eigenvalue weighted by molar-refractivity contribution is 6.05.